The quantitative estimate of drug-likeness (QED) is 0.732. The van der Waals surface area contributed by atoms with E-state index < -0.39 is 17.8 Å². The molecule has 5 nitrogen and oxygen atoms in total. The second-order valence-electron chi connectivity index (χ2n) is 9.54. The molecule has 2 aliphatic rings. The Labute approximate surface area is 172 Å². The van der Waals surface area contributed by atoms with Gasteiger partial charge < -0.3 is 10.6 Å². The maximum absolute atomic E-state index is 13.4. The standard InChI is InChI=1S/C21H28F3N3O2.2H2/c1-20(2,3)26-18(29)10-27-11-21(12-27)8-13(9-21)4-17(28)25-16-6-14(19(23)24)5-15(22)7-16;;/h5-7,13,19H,4,8-12H2,1-3H3,(H,25,28)(H,26,29);2*1H. The van der Waals surface area contributed by atoms with E-state index in [9.17, 15) is 22.8 Å². The highest BCUT2D eigenvalue weighted by Crippen LogP contribution is 2.52. The fraction of sp³-hybridized carbons (Fsp3) is 0.619. The van der Waals surface area contributed by atoms with Crippen molar-refractivity contribution in [1.29, 1.82) is 0 Å². The van der Waals surface area contributed by atoms with Crippen LogP contribution in [0.25, 0.3) is 0 Å². The molecule has 1 aromatic carbocycles. The van der Waals surface area contributed by atoms with E-state index in [1.807, 2.05) is 20.8 Å². The average molecular weight is 416 g/mol. The highest BCUT2D eigenvalue weighted by atomic mass is 19.3. The van der Waals surface area contributed by atoms with Gasteiger partial charge in [-0.25, -0.2) is 13.2 Å². The van der Waals surface area contributed by atoms with Crippen molar-refractivity contribution in [2.75, 3.05) is 25.0 Å². The number of nitrogens with zero attached hydrogens (tertiary/aromatic N) is 1. The van der Waals surface area contributed by atoms with Crippen LogP contribution in [0.1, 0.15) is 54.9 Å². The van der Waals surface area contributed by atoms with Crippen LogP contribution in [0.3, 0.4) is 0 Å². The molecule has 29 heavy (non-hydrogen) atoms. The molecule has 3 rings (SSSR count). The van der Waals surface area contributed by atoms with Gasteiger partial charge in [-0.05, 0) is 63.1 Å². The van der Waals surface area contributed by atoms with E-state index in [1.54, 1.807) is 0 Å². The molecule has 0 bridgehead atoms. The third kappa shape index (κ3) is 5.72. The predicted octanol–water partition coefficient (Wildman–Crippen LogP) is 4.21. The third-order valence-electron chi connectivity index (χ3n) is 5.37. The van der Waals surface area contributed by atoms with E-state index in [-0.39, 0.29) is 43.6 Å². The predicted molar refractivity (Wildman–Crippen MR) is 108 cm³/mol. The van der Waals surface area contributed by atoms with Crippen LogP contribution in [-0.2, 0) is 9.59 Å². The highest BCUT2D eigenvalue weighted by molar-refractivity contribution is 5.91. The molecule has 0 atom stereocenters. The number of carbonyl (C=O) groups excluding carboxylic acids is 2. The summed E-state index contributed by atoms with van der Waals surface area (Å²) < 4.78 is 38.9. The lowest BCUT2D eigenvalue weighted by Gasteiger charge is -2.59. The molecule has 0 radical (unpaired) electrons. The molecule has 1 aliphatic heterocycles. The number of rotatable bonds is 6. The van der Waals surface area contributed by atoms with E-state index >= 15 is 0 Å². The first kappa shape index (κ1) is 21.6. The minimum Gasteiger partial charge on any atom is -0.350 e. The number of halogens is 3. The zero-order valence-electron chi connectivity index (χ0n) is 17.0. The summed E-state index contributed by atoms with van der Waals surface area (Å²) in [6.07, 6.45) is -0.695. The number of alkyl halides is 2. The first-order chi connectivity index (χ1) is 13.4. The zero-order valence-corrected chi connectivity index (χ0v) is 17.0. The number of hydrogen-bond acceptors (Lipinski definition) is 3. The van der Waals surface area contributed by atoms with Crippen molar-refractivity contribution in [3.63, 3.8) is 0 Å². The molecule has 1 heterocycles. The van der Waals surface area contributed by atoms with Crippen molar-refractivity contribution in [3.8, 4) is 0 Å². The molecular weight excluding hydrogens is 383 g/mol. The maximum atomic E-state index is 13.4. The second kappa shape index (κ2) is 7.97. The largest absolute Gasteiger partial charge is 0.350 e. The number of benzene rings is 1. The van der Waals surface area contributed by atoms with Crippen molar-refractivity contribution in [2.24, 2.45) is 11.3 Å². The SMILES string of the molecule is CC(C)(C)NC(=O)CN1CC2(CC(CC(=O)Nc3cc(F)cc(C(F)F)c3)C2)C1.[HH].[HH]. The first-order valence-corrected chi connectivity index (χ1v) is 9.85. The first-order valence-electron chi connectivity index (χ1n) is 9.85. The summed E-state index contributed by atoms with van der Waals surface area (Å²) >= 11 is 0. The Hall–Kier alpha value is -2.09. The van der Waals surface area contributed by atoms with Gasteiger partial charge in [0.2, 0.25) is 11.8 Å². The van der Waals surface area contributed by atoms with Crippen LogP contribution in [-0.4, -0.2) is 41.9 Å². The summed E-state index contributed by atoms with van der Waals surface area (Å²) in [6.45, 7) is 7.93. The number of hydrogen-bond donors (Lipinski definition) is 2. The van der Waals surface area contributed by atoms with Crippen LogP contribution in [0.5, 0.6) is 0 Å². The summed E-state index contributed by atoms with van der Waals surface area (Å²) in [5.41, 5.74) is -0.451. The van der Waals surface area contributed by atoms with Gasteiger partial charge in [-0.15, -0.1) is 0 Å². The Morgan fingerprint density at radius 1 is 1.21 bits per heavy atom. The van der Waals surface area contributed by atoms with Gasteiger partial charge in [0.15, 0.2) is 0 Å². The van der Waals surface area contributed by atoms with Crippen LogP contribution in [0.15, 0.2) is 18.2 Å². The number of nitrogens with one attached hydrogen (secondary N) is 2. The van der Waals surface area contributed by atoms with E-state index in [4.69, 9.17) is 0 Å². The lowest BCUT2D eigenvalue weighted by molar-refractivity contribution is -0.135. The lowest BCUT2D eigenvalue weighted by Crippen LogP contribution is -2.64. The summed E-state index contributed by atoms with van der Waals surface area (Å²) in [7, 11) is 0. The molecular formula is C21H32F3N3O2. The van der Waals surface area contributed by atoms with Crippen molar-refractivity contribution < 1.29 is 25.6 Å². The summed E-state index contributed by atoms with van der Waals surface area (Å²) in [4.78, 5) is 26.3. The summed E-state index contributed by atoms with van der Waals surface area (Å²) in [5, 5.41) is 5.47. The fourth-order valence-corrected chi connectivity index (χ4v) is 4.53. The van der Waals surface area contributed by atoms with Crippen molar-refractivity contribution in [2.45, 2.75) is 52.0 Å². The third-order valence-corrected chi connectivity index (χ3v) is 5.37. The van der Waals surface area contributed by atoms with Crippen LogP contribution in [0, 0.1) is 17.2 Å². The van der Waals surface area contributed by atoms with Gasteiger partial charge in [0.1, 0.15) is 5.82 Å². The van der Waals surface area contributed by atoms with Gasteiger partial charge in [0.05, 0.1) is 6.54 Å². The Kier molecular flexibility index (Phi) is 5.94. The van der Waals surface area contributed by atoms with Crippen molar-refractivity contribution >= 4 is 17.5 Å². The Morgan fingerprint density at radius 2 is 1.86 bits per heavy atom. The van der Waals surface area contributed by atoms with Crippen LogP contribution < -0.4 is 10.6 Å². The highest BCUT2D eigenvalue weighted by Gasteiger charge is 2.52. The molecule has 1 aromatic rings. The molecule has 164 valence electrons. The van der Waals surface area contributed by atoms with E-state index in [0.717, 1.165) is 44.1 Å². The maximum Gasteiger partial charge on any atom is 0.264 e. The Bertz CT molecular complexity index is 789. The zero-order chi connectivity index (χ0) is 21.4. The number of likely N-dealkylation sites (tertiary alicyclic amines) is 1. The van der Waals surface area contributed by atoms with Gasteiger partial charge in [0, 0.05) is 39.2 Å². The minimum atomic E-state index is -2.79. The molecule has 1 spiro atoms. The lowest BCUT2D eigenvalue weighted by atomic mass is 9.57. The van der Waals surface area contributed by atoms with Gasteiger partial charge in [-0.3, -0.25) is 14.5 Å². The number of anilines is 1. The topological polar surface area (TPSA) is 61.4 Å². The Morgan fingerprint density at radius 3 is 2.45 bits per heavy atom. The number of amides is 2. The average Bonchev–Trinajstić information content (AvgIpc) is 2.48. The summed E-state index contributed by atoms with van der Waals surface area (Å²) in [5.74, 6) is -0.855. The van der Waals surface area contributed by atoms with Gasteiger partial charge in [-0.2, -0.15) is 0 Å². The molecule has 2 amide bonds. The van der Waals surface area contributed by atoms with Crippen LogP contribution >= 0.6 is 0 Å². The van der Waals surface area contributed by atoms with E-state index in [1.165, 1.54) is 0 Å². The second-order valence-corrected chi connectivity index (χ2v) is 9.54. The molecule has 0 aromatic heterocycles. The van der Waals surface area contributed by atoms with E-state index in [0.29, 0.717) is 6.54 Å². The Balaban J connectivity index is 0.00000240. The molecule has 2 fully saturated rings. The molecule has 0 unspecified atom stereocenters. The molecule has 8 heteroatoms. The summed E-state index contributed by atoms with van der Waals surface area (Å²) in [6, 6.07) is 2.90. The molecule has 1 saturated heterocycles. The molecule has 2 N–H and O–H groups in total. The monoisotopic (exact) mass is 415 g/mol. The molecule has 1 aliphatic carbocycles. The van der Waals surface area contributed by atoms with E-state index in [2.05, 4.69) is 15.5 Å². The number of carbonyl (C=O) groups is 2. The normalized spacial score (nSPS) is 19.0. The van der Waals surface area contributed by atoms with Crippen LogP contribution in [0.4, 0.5) is 18.9 Å². The van der Waals surface area contributed by atoms with Gasteiger partial charge in [0.25, 0.3) is 6.43 Å². The fourth-order valence-electron chi connectivity index (χ4n) is 4.53. The smallest absolute Gasteiger partial charge is 0.264 e. The molecule has 1 saturated carbocycles. The van der Waals surface area contributed by atoms with Crippen molar-refractivity contribution in [3.05, 3.63) is 29.6 Å². The minimum absolute atomic E-state index is 0. The van der Waals surface area contributed by atoms with Crippen LogP contribution in [0.2, 0.25) is 0 Å². The van der Waals surface area contributed by atoms with Gasteiger partial charge in [-0.1, -0.05) is 0 Å². The van der Waals surface area contributed by atoms with Crippen molar-refractivity contribution in [1.82, 2.24) is 10.2 Å². The van der Waals surface area contributed by atoms with Gasteiger partial charge >= 0.3 is 0 Å².